The van der Waals surface area contributed by atoms with E-state index in [0.29, 0.717) is 13.0 Å². The quantitative estimate of drug-likeness (QED) is 0.788. The van der Waals surface area contributed by atoms with Gasteiger partial charge in [-0.2, -0.15) is 0 Å². The molecule has 0 aliphatic carbocycles. The number of hydrogen-bond acceptors (Lipinski definition) is 3. The first-order chi connectivity index (χ1) is 8.06. The fraction of sp³-hybridized carbons (Fsp3) is 0.500. The van der Waals surface area contributed by atoms with E-state index in [1.807, 2.05) is 13.0 Å². The van der Waals surface area contributed by atoms with Gasteiger partial charge in [-0.25, -0.2) is 0 Å². The summed E-state index contributed by atoms with van der Waals surface area (Å²) in [5.74, 6) is 0.338. The van der Waals surface area contributed by atoms with Gasteiger partial charge in [-0.15, -0.1) is 0 Å². The second kappa shape index (κ2) is 6.39. The van der Waals surface area contributed by atoms with Gasteiger partial charge in [0.05, 0.1) is 23.7 Å². The average Bonchev–Trinajstić information content (AvgIpc) is 2.77. The standard InChI is InChI=1S/C12H18N2O2S/c1-3-5-10(11(13)17)12(15)14(2)8-9-6-4-7-16-9/h4,6-7,10H,3,5,8H2,1-2H3,(H2,13,17). The summed E-state index contributed by atoms with van der Waals surface area (Å²) in [6.07, 6.45) is 3.16. The Balaban J connectivity index is 2.63. The van der Waals surface area contributed by atoms with E-state index in [1.54, 1.807) is 24.3 Å². The molecule has 1 amide bonds. The number of thiocarbonyl (C=S) groups is 1. The third-order valence-electron chi connectivity index (χ3n) is 2.57. The largest absolute Gasteiger partial charge is 0.467 e. The molecule has 0 aromatic carbocycles. The van der Waals surface area contributed by atoms with E-state index in [4.69, 9.17) is 22.4 Å². The molecule has 17 heavy (non-hydrogen) atoms. The summed E-state index contributed by atoms with van der Waals surface area (Å²) in [7, 11) is 1.73. The highest BCUT2D eigenvalue weighted by molar-refractivity contribution is 7.80. The topological polar surface area (TPSA) is 59.5 Å². The van der Waals surface area contributed by atoms with E-state index in [-0.39, 0.29) is 16.8 Å². The van der Waals surface area contributed by atoms with Crippen LogP contribution >= 0.6 is 12.2 Å². The Hall–Kier alpha value is -1.36. The molecule has 5 heteroatoms. The zero-order valence-electron chi connectivity index (χ0n) is 10.2. The van der Waals surface area contributed by atoms with E-state index < -0.39 is 0 Å². The zero-order valence-corrected chi connectivity index (χ0v) is 11.0. The van der Waals surface area contributed by atoms with Gasteiger partial charge in [0.1, 0.15) is 5.76 Å². The van der Waals surface area contributed by atoms with Gasteiger partial charge < -0.3 is 15.1 Å². The Kier molecular flexibility index (Phi) is 5.15. The Morgan fingerprint density at radius 2 is 2.35 bits per heavy atom. The lowest BCUT2D eigenvalue weighted by atomic mass is 10.0. The molecular formula is C12H18N2O2S. The van der Waals surface area contributed by atoms with Crippen molar-refractivity contribution in [2.75, 3.05) is 7.05 Å². The van der Waals surface area contributed by atoms with E-state index >= 15 is 0 Å². The van der Waals surface area contributed by atoms with Crippen LogP contribution in [0.25, 0.3) is 0 Å². The van der Waals surface area contributed by atoms with Crippen LogP contribution in [0.1, 0.15) is 25.5 Å². The van der Waals surface area contributed by atoms with Crippen molar-refractivity contribution in [1.29, 1.82) is 0 Å². The molecule has 1 atom stereocenters. The number of amides is 1. The molecule has 1 aromatic rings. The van der Waals surface area contributed by atoms with Gasteiger partial charge in [0.15, 0.2) is 0 Å². The molecule has 4 nitrogen and oxygen atoms in total. The SMILES string of the molecule is CCCC(C(=O)N(C)Cc1ccco1)C(N)=S. The molecule has 2 N–H and O–H groups in total. The van der Waals surface area contributed by atoms with Crippen molar-refractivity contribution >= 4 is 23.1 Å². The van der Waals surface area contributed by atoms with Gasteiger partial charge in [-0.3, -0.25) is 4.79 Å². The van der Waals surface area contributed by atoms with E-state index in [1.165, 1.54) is 0 Å². The van der Waals surface area contributed by atoms with Crippen LogP contribution in [0, 0.1) is 5.92 Å². The van der Waals surface area contributed by atoms with E-state index in [2.05, 4.69) is 0 Å². The first-order valence-corrected chi connectivity index (χ1v) is 6.03. The Morgan fingerprint density at radius 1 is 1.65 bits per heavy atom. The smallest absolute Gasteiger partial charge is 0.232 e. The molecule has 0 radical (unpaired) electrons. The summed E-state index contributed by atoms with van der Waals surface area (Å²) in [4.78, 5) is 14.0. The lowest BCUT2D eigenvalue weighted by Gasteiger charge is -2.22. The summed E-state index contributed by atoms with van der Waals surface area (Å²) in [5, 5.41) is 0. The van der Waals surface area contributed by atoms with Crippen LogP contribution in [0.5, 0.6) is 0 Å². The fourth-order valence-corrected chi connectivity index (χ4v) is 1.88. The fourth-order valence-electron chi connectivity index (χ4n) is 1.66. The van der Waals surface area contributed by atoms with Gasteiger partial charge in [-0.05, 0) is 18.6 Å². The number of nitrogens with two attached hydrogens (primary N) is 1. The molecule has 1 heterocycles. The van der Waals surface area contributed by atoms with Crippen molar-refractivity contribution in [3.8, 4) is 0 Å². The van der Waals surface area contributed by atoms with Crippen LogP contribution in [0.2, 0.25) is 0 Å². The highest BCUT2D eigenvalue weighted by atomic mass is 32.1. The molecule has 94 valence electrons. The van der Waals surface area contributed by atoms with Crippen LogP contribution < -0.4 is 5.73 Å². The van der Waals surface area contributed by atoms with Crippen molar-refractivity contribution in [3.63, 3.8) is 0 Å². The summed E-state index contributed by atoms with van der Waals surface area (Å²) in [5.41, 5.74) is 5.60. The molecule has 0 aliphatic heterocycles. The second-order valence-corrected chi connectivity index (χ2v) is 4.49. The molecule has 1 unspecified atom stereocenters. The normalized spacial score (nSPS) is 12.1. The first kappa shape index (κ1) is 13.7. The van der Waals surface area contributed by atoms with Gasteiger partial charge in [0.25, 0.3) is 0 Å². The number of furan rings is 1. The minimum atomic E-state index is -0.366. The second-order valence-electron chi connectivity index (χ2n) is 4.02. The van der Waals surface area contributed by atoms with Crippen molar-refractivity contribution in [1.82, 2.24) is 4.90 Å². The highest BCUT2D eigenvalue weighted by Gasteiger charge is 2.24. The monoisotopic (exact) mass is 254 g/mol. The molecule has 0 aliphatic rings. The van der Waals surface area contributed by atoms with Crippen LogP contribution in [-0.4, -0.2) is 22.8 Å². The number of rotatable bonds is 6. The molecule has 0 spiro atoms. The number of carbonyl (C=O) groups excluding carboxylic acids is 1. The first-order valence-electron chi connectivity index (χ1n) is 5.63. The Labute approximate surface area is 107 Å². The molecular weight excluding hydrogens is 236 g/mol. The maximum atomic E-state index is 12.1. The molecule has 0 bridgehead atoms. The summed E-state index contributed by atoms with van der Waals surface area (Å²) in [6, 6.07) is 3.63. The summed E-state index contributed by atoms with van der Waals surface area (Å²) in [6.45, 7) is 2.44. The zero-order chi connectivity index (χ0) is 12.8. The molecule has 1 rings (SSSR count). The van der Waals surface area contributed by atoms with Crippen LogP contribution in [0.4, 0.5) is 0 Å². The number of hydrogen-bond donors (Lipinski definition) is 1. The highest BCUT2D eigenvalue weighted by Crippen LogP contribution is 2.13. The molecule has 0 saturated carbocycles. The molecule has 0 fully saturated rings. The minimum Gasteiger partial charge on any atom is -0.467 e. The molecule has 0 saturated heterocycles. The maximum absolute atomic E-state index is 12.1. The average molecular weight is 254 g/mol. The minimum absolute atomic E-state index is 0.0456. The lowest BCUT2D eigenvalue weighted by molar-refractivity contribution is -0.132. The lowest BCUT2D eigenvalue weighted by Crippen LogP contribution is -2.38. The van der Waals surface area contributed by atoms with Gasteiger partial charge >= 0.3 is 0 Å². The van der Waals surface area contributed by atoms with Crippen LogP contribution in [0.3, 0.4) is 0 Å². The van der Waals surface area contributed by atoms with Crippen LogP contribution in [-0.2, 0) is 11.3 Å². The van der Waals surface area contributed by atoms with Crippen LogP contribution in [0.15, 0.2) is 22.8 Å². The Bertz CT molecular complexity index is 376. The number of nitrogens with zero attached hydrogens (tertiary/aromatic N) is 1. The predicted octanol–water partition coefficient (Wildman–Crippen LogP) is 1.94. The maximum Gasteiger partial charge on any atom is 0.232 e. The molecule has 1 aromatic heterocycles. The van der Waals surface area contributed by atoms with Gasteiger partial charge in [-0.1, -0.05) is 25.6 Å². The van der Waals surface area contributed by atoms with Crippen molar-refractivity contribution in [2.24, 2.45) is 11.7 Å². The van der Waals surface area contributed by atoms with E-state index in [0.717, 1.165) is 12.2 Å². The van der Waals surface area contributed by atoms with E-state index in [9.17, 15) is 4.79 Å². The summed E-state index contributed by atoms with van der Waals surface area (Å²) < 4.78 is 5.20. The number of carbonyl (C=O) groups is 1. The predicted molar refractivity (Wildman–Crippen MR) is 70.4 cm³/mol. The van der Waals surface area contributed by atoms with Gasteiger partial charge in [0.2, 0.25) is 5.91 Å². The van der Waals surface area contributed by atoms with Crippen molar-refractivity contribution < 1.29 is 9.21 Å². The van der Waals surface area contributed by atoms with Gasteiger partial charge in [0, 0.05) is 7.05 Å². The van der Waals surface area contributed by atoms with Crippen molar-refractivity contribution in [3.05, 3.63) is 24.2 Å². The van der Waals surface area contributed by atoms with Crippen molar-refractivity contribution in [2.45, 2.75) is 26.3 Å². The third-order valence-corrected chi connectivity index (χ3v) is 2.85. The third kappa shape index (κ3) is 3.85. The Morgan fingerprint density at radius 3 is 2.82 bits per heavy atom. The summed E-state index contributed by atoms with van der Waals surface area (Å²) >= 11 is 4.93.